The lowest BCUT2D eigenvalue weighted by Gasteiger charge is -2.24. The predicted octanol–water partition coefficient (Wildman–Crippen LogP) is 2.63. The number of benzene rings is 1. The van der Waals surface area contributed by atoms with Crippen LogP contribution in [0.1, 0.15) is 38.2 Å². The van der Waals surface area contributed by atoms with Gasteiger partial charge in [-0.15, -0.1) is 0 Å². The third-order valence-electron chi connectivity index (χ3n) is 2.92. The fourth-order valence-corrected chi connectivity index (χ4v) is 2.03. The van der Waals surface area contributed by atoms with Gasteiger partial charge >= 0.3 is 5.97 Å². The zero-order chi connectivity index (χ0) is 12.7. The molecule has 2 N–H and O–H groups in total. The normalized spacial score (nSPS) is 14.2. The van der Waals surface area contributed by atoms with Gasteiger partial charge in [0.15, 0.2) is 0 Å². The summed E-state index contributed by atoms with van der Waals surface area (Å²) in [5.41, 5.74) is 0.871. The van der Waals surface area contributed by atoms with Crippen LogP contribution in [0.25, 0.3) is 0 Å². The third kappa shape index (κ3) is 3.86. The molecule has 0 saturated heterocycles. The molecule has 0 radical (unpaired) electrons. The van der Waals surface area contributed by atoms with Crippen molar-refractivity contribution in [2.24, 2.45) is 0 Å². The maximum absolute atomic E-state index is 11.4. The first-order valence-corrected chi connectivity index (χ1v) is 6.21. The van der Waals surface area contributed by atoms with Crippen LogP contribution in [0.5, 0.6) is 0 Å². The van der Waals surface area contributed by atoms with Crippen molar-refractivity contribution >= 4 is 5.97 Å². The Bertz CT molecular complexity index is 337. The molecular formula is C14H21NO2. The molecule has 94 valence electrons. The Morgan fingerprint density at radius 1 is 1.29 bits per heavy atom. The highest BCUT2D eigenvalue weighted by Gasteiger charge is 2.27. The minimum Gasteiger partial charge on any atom is -0.481 e. The van der Waals surface area contributed by atoms with Gasteiger partial charge in [0.2, 0.25) is 0 Å². The molecular weight excluding hydrogens is 214 g/mol. The molecule has 0 aliphatic rings. The first-order chi connectivity index (χ1) is 8.20. The highest BCUT2D eigenvalue weighted by Crippen LogP contribution is 2.22. The molecule has 1 rings (SSSR count). The van der Waals surface area contributed by atoms with Gasteiger partial charge in [0, 0.05) is 6.04 Å². The maximum atomic E-state index is 11.4. The summed E-state index contributed by atoms with van der Waals surface area (Å²) in [5.74, 6) is -1.22. The number of aliphatic carboxylic acids is 1. The molecule has 1 aromatic carbocycles. The van der Waals surface area contributed by atoms with Crippen LogP contribution in [0.2, 0.25) is 0 Å². The molecule has 3 heteroatoms. The summed E-state index contributed by atoms with van der Waals surface area (Å²) in [5, 5.41) is 12.7. The number of rotatable bonds is 7. The summed E-state index contributed by atoms with van der Waals surface area (Å²) >= 11 is 0. The van der Waals surface area contributed by atoms with Gasteiger partial charge in [-0.3, -0.25) is 4.79 Å². The summed E-state index contributed by atoms with van der Waals surface area (Å²) in [7, 11) is 0. The second kappa shape index (κ2) is 7.07. The standard InChI is InChI=1S/C14H21NO2/c1-3-10-15-12(4-2)13(14(16)17)11-8-6-5-7-9-11/h5-9,12-13,15H,3-4,10H2,1-2H3,(H,16,17). The van der Waals surface area contributed by atoms with Crippen LogP contribution >= 0.6 is 0 Å². The average molecular weight is 235 g/mol. The van der Waals surface area contributed by atoms with Crippen LogP contribution in [0.3, 0.4) is 0 Å². The van der Waals surface area contributed by atoms with Crippen molar-refractivity contribution in [1.29, 1.82) is 0 Å². The van der Waals surface area contributed by atoms with E-state index in [1.807, 2.05) is 37.3 Å². The van der Waals surface area contributed by atoms with Gasteiger partial charge in [-0.05, 0) is 24.9 Å². The van der Waals surface area contributed by atoms with Gasteiger partial charge < -0.3 is 10.4 Å². The molecule has 0 saturated carbocycles. The number of hydrogen-bond acceptors (Lipinski definition) is 2. The Balaban J connectivity index is 2.87. The second-order valence-corrected chi connectivity index (χ2v) is 4.20. The molecule has 1 aromatic rings. The lowest BCUT2D eigenvalue weighted by Crippen LogP contribution is -2.38. The van der Waals surface area contributed by atoms with Gasteiger partial charge in [-0.25, -0.2) is 0 Å². The lowest BCUT2D eigenvalue weighted by atomic mass is 9.90. The van der Waals surface area contributed by atoms with Gasteiger partial charge in [-0.2, -0.15) is 0 Å². The van der Waals surface area contributed by atoms with Crippen molar-refractivity contribution in [2.45, 2.75) is 38.6 Å². The Kier molecular flexibility index (Phi) is 5.70. The molecule has 17 heavy (non-hydrogen) atoms. The Morgan fingerprint density at radius 2 is 1.94 bits per heavy atom. The van der Waals surface area contributed by atoms with E-state index in [4.69, 9.17) is 0 Å². The molecule has 0 fully saturated rings. The van der Waals surface area contributed by atoms with Crippen molar-refractivity contribution in [3.05, 3.63) is 35.9 Å². The summed E-state index contributed by atoms with van der Waals surface area (Å²) < 4.78 is 0. The van der Waals surface area contributed by atoms with Crippen molar-refractivity contribution in [3.8, 4) is 0 Å². The second-order valence-electron chi connectivity index (χ2n) is 4.20. The van der Waals surface area contributed by atoms with Crippen LogP contribution in [0, 0.1) is 0 Å². The maximum Gasteiger partial charge on any atom is 0.312 e. The molecule has 2 unspecified atom stereocenters. The van der Waals surface area contributed by atoms with E-state index >= 15 is 0 Å². The fraction of sp³-hybridized carbons (Fsp3) is 0.500. The predicted molar refractivity (Wildman–Crippen MR) is 69.2 cm³/mol. The molecule has 0 amide bonds. The number of nitrogens with one attached hydrogen (secondary N) is 1. The molecule has 0 bridgehead atoms. The quantitative estimate of drug-likeness (QED) is 0.764. The Labute approximate surface area is 103 Å². The monoisotopic (exact) mass is 235 g/mol. The van der Waals surface area contributed by atoms with Crippen molar-refractivity contribution < 1.29 is 9.90 Å². The highest BCUT2D eigenvalue weighted by atomic mass is 16.4. The van der Waals surface area contributed by atoms with E-state index in [9.17, 15) is 9.90 Å². The van der Waals surface area contributed by atoms with Gasteiger partial charge in [-0.1, -0.05) is 44.2 Å². The van der Waals surface area contributed by atoms with Crippen LogP contribution in [0.15, 0.2) is 30.3 Å². The average Bonchev–Trinajstić information content (AvgIpc) is 2.35. The third-order valence-corrected chi connectivity index (χ3v) is 2.92. The fourth-order valence-electron chi connectivity index (χ4n) is 2.03. The topological polar surface area (TPSA) is 49.3 Å². The van der Waals surface area contributed by atoms with Crippen LogP contribution < -0.4 is 5.32 Å². The van der Waals surface area contributed by atoms with Crippen molar-refractivity contribution in [3.63, 3.8) is 0 Å². The molecule has 0 aliphatic carbocycles. The number of carbonyl (C=O) groups is 1. The summed E-state index contributed by atoms with van der Waals surface area (Å²) in [6, 6.07) is 9.44. The summed E-state index contributed by atoms with van der Waals surface area (Å²) in [6.07, 6.45) is 1.82. The molecule has 0 aliphatic heterocycles. The Hall–Kier alpha value is -1.35. The molecule has 0 heterocycles. The van der Waals surface area contributed by atoms with Crippen molar-refractivity contribution in [1.82, 2.24) is 5.32 Å². The van der Waals surface area contributed by atoms with E-state index in [0.29, 0.717) is 0 Å². The minimum absolute atomic E-state index is 0.00477. The smallest absolute Gasteiger partial charge is 0.312 e. The van der Waals surface area contributed by atoms with E-state index < -0.39 is 11.9 Å². The van der Waals surface area contributed by atoms with Gasteiger partial charge in [0.25, 0.3) is 0 Å². The molecule has 0 spiro atoms. The minimum atomic E-state index is -0.758. The van der Waals surface area contributed by atoms with Gasteiger partial charge in [0.1, 0.15) is 0 Å². The molecule has 0 aromatic heterocycles. The summed E-state index contributed by atoms with van der Waals surface area (Å²) in [6.45, 7) is 4.96. The molecule has 2 atom stereocenters. The van der Waals surface area contributed by atoms with E-state index in [2.05, 4.69) is 12.2 Å². The zero-order valence-corrected chi connectivity index (χ0v) is 10.5. The van der Waals surface area contributed by atoms with Crippen LogP contribution in [0.4, 0.5) is 0 Å². The van der Waals surface area contributed by atoms with E-state index in [0.717, 1.165) is 24.9 Å². The van der Waals surface area contributed by atoms with E-state index in [1.54, 1.807) is 0 Å². The van der Waals surface area contributed by atoms with Crippen LogP contribution in [-0.2, 0) is 4.79 Å². The SMILES string of the molecule is CCCNC(CC)C(C(=O)O)c1ccccc1. The first-order valence-electron chi connectivity index (χ1n) is 6.21. The number of hydrogen-bond donors (Lipinski definition) is 2. The van der Waals surface area contributed by atoms with E-state index in [-0.39, 0.29) is 6.04 Å². The van der Waals surface area contributed by atoms with Gasteiger partial charge in [0.05, 0.1) is 5.92 Å². The Morgan fingerprint density at radius 3 is 2.41 bits per heavy atom. The van der Waals surface area contributed by atoms with E-state index in [1.165, 1.54) is 0 Å². The lowest BCUT2D eigenvalue weighted by molar-refractivity contribution is -0.139. The number of carboxylic acid groups (broad SMARTS) is 1. The van der Waals surface area contributed by atoms with Crippen LogP contribution in [-0.4, -0.2) is 23.7 Å². The first kappa shape index (κ1) is 13.7. The largest absolute Gasteiger partial charge is 0.481 e. The molecule has 3 nitrogen and oxygen atoms in total. The number of carboxylic acids is 1. The highest BCUT2D eigenvalue weighted by molar-refractivity contribution is 5.77. The zero-order valence-electron chi connectivity index (χ0n) is 10.5. The van der Waals surface area contributed by atoms with Crippen molar-refractivity contribution in [2.75, 3.05) is 6.54 Å². The summed E-state index contributed by atoms with van der Waals surface area (Å²) in [4.78, 5) is 11.4.